The van der Waals surface area contributed by atoms with E-state index in [4.69, 9.17) is 0 Å². The van der Waals surface area contributed by atoms with Gasteiger partial charge in [0.15, 0.2) is 6.20 Å². The molecule has 3 heterocycles. The van der Waals surface area contributed by atoms with E-state index in [-0.39, 0.29) is 0 Å². The number of aryl methyl sites for hydroxylation is 2. The minimum Gasteiger partial charge on any atom is -0.307 e. The number of pyridine rings is 2. The first-order chi connectivity index (χ1) is 15.6. The highest BCUT2D eigenvalue weighted by molar-refractivity contribution is 6.29. The number of fused-ring (bicyclic) bond motifs is 7. The molecule has 0 aliphatic rings. The summed E-state index contributed by atoms with van der Waals surface area (Å²) in [4.78, 5) is 0. The van der Waals surface area contributed by atoms with Gasteiger partial charge in [0, 0.05) is 16.8 Å². The summed E-state index contributed by atoms with van der Waals surface area (Å²) in [5, 5.41) is 9.44. The molecule has 7 rings (SSSR count). The number of para-hydroxylation sites is 1. The lowest BCUT2D eigenvalue weighted by molar-refractivity contribution is -0.643. The molecule has 3 aromatic heterocycles. The van der Waals surface area contributed by atoms with Crippen molar-refractivity contribution in [2.45, 2.75) is 26.7 Å². The SMILES string of the molecule is Cc1c2ccccc2cc2c1c1c3c(cc[n+]1C)cc(C(C)C)c1c4ccccc4n2c13. The maximum Gasteiger partial charge on any atom is 0.224 e. The van der Waals surface area contributed by atoms with E-state index in [1.54, 1.807) is 0 Å². The highest BCUT2D eigenvalue weighted by Gasteiger charge is 2.26. The van der Waals surface area contributed by atoms with Crippen molar-refractivity contribution in [2.75, 3.05) is 0 Å². The molecule has 4 aromatic carbocycles. The maximum absolute atomic E-state index is 2.54. The second kappa shape index (κ2) is 5.98. The fraction of sp³-hybridized carbons (Fsp3) is 0.167. The Kier molecular flexibility index (Phi) is 3.36. The zero-order valence-electron chi connectivity index (χ0n) is 18.9. The van der Waals surface area contributed by atoms with Crippen molar-refractivity contribution in [1.29, 1.82) is 0 Å². The summed E-state index contributed by atoms with van der Waals surface area (Å²) in [5.74, 6) is 0.454. The van der Waals surface area contributed by atoms with E-state index in [9.17, 15) is 0 Å². The third-order valence-electron chi connectivity index (χ3n) is 7.45. The molecule has 0 saturated heterocycles. The highest BCUT2D eigenvalue weighted by atomic mass is 15.0. The van der Waals surface area contributed by atoms with Gasteiger partial charge >= 0.3 is 0 Å². The van der Waals surface area contributed by atoms with Crippen molar-refractivity contribution in [1.82, 2.24) is 4.40 Å². The molecule has 7 aromatic rings. The lowest BCUT2D eigenvalue weighted by Crippen LogP contribution is -2.29. The van der Waals surface area contributed by atoms with Crippen LogP contribution in [0.25, 0.3) is 59.8 Å². The van der Waals surface area contributed by atoms with Crippen LogP contribution in [0, 0.1) is 6.92 Å². The molecule has 0 amide bonds. The summed E-state index contributed by atoms with van der Waals surface area (Å²) in [6.07, 6.45) is 2.23. The summed E-state index contributed by atoms with van der Waals surface area (Å²) in [5.41, 5.74) is 8.07. The molecular formula is C30H25N2+. The van der Waals surface area contributed by atoms with Gasteiger partial charge in [0.2, 0.25) is 5.52 Å². The molecule has 32 heavy (non-hydrogen) atoms. The Labute approximate surface area is 186 Å². The fourth-order valence-electron chi connectivity index (χ4n) is 6.03. The third kappa shape index (κ3) is 2.03. The van der Waals surface area contributed by atoms with Crippen LogP contribution in [0.2, 0.25) is 0 Å². The summed E-state index contributed by atoms with van der Waals surface area (Å²) in [6, 6.07) is 24.8. The van der Waals surface area contributed by atoms with Crippen molar-refractivity contribution in [3.05, 3.63) is 84.1 Å². The molecule has 0 bridgehead atoms. The molecule has 0 aliphatic carbocycles. The second-order valence-corrected chi connectivity index (χ2v) is 9.55. The Balaban J connectivity index is 1.97. The van der Waals surface area contributed by atoms with Gasteiger partial charge in [-0.3, -0.25) is 0 Å². The topological polar surface area (TPSA) is 8.29 Å². The van der Waals surface area contributed by atoms with Gasteiger partial charge in [0.05, 0.1) is 27.3 Å². The fourth-order valence-corrected chi connectivity index (χ4v) is 6.03. The minimum atomic E-state index is 0.454. The van der Waals surface area contributed by atoms with Crippen LogP contribution in [-0.4, -0.2) is 4.40 Å². The monoisotopic (exact) mass is 413 g/mol. The zero-order chi connectivity index (χ0) is 21.7. The van der Waals surface area contributed by atoms with Gasteiger partial charge in [-0.1, -0.05) is 56.3 Å². The Morgan fingerprint density at radius 2 is 1.50 bits per heavy atom. The second-order valence-electron chi connectivity index (χ2n) is 9.55. The molecule has 0 atom stereocenters. The predicted octanol–water partition coefficient (Wildman–Crippen LogP) is 7.40. The smallest absolute Gasteiger partial charge is 0.224 e. The highest BCUT2D eigenvalue weighted by Crippen LogP contribution is 2.44. The van der Waals surface area contributed by atoms with Gasteiger partial charge in [-0.2, -0.15) is 0 Å². The zero-order valence-corrected chi connectivity index (χ0v) is 18.9. The van der Waals surface area contributed by atoms with Crippen LogP contribution in [0.5, 0.6) is 0 Å². The summed E-state index contributed by atoms with van der Waals surface area (Å²) in [6.45, 7) is 6.91. The van der Waals surface area contributed by atoms with Gasteiger partial charge < -0.3 is 4.40 Å². The third-order valence-corrected chi connectivity index (χ3v) is 7.45. The number of hydrogen-bond donors (Lipinski definition) is 0. The predicted molar refractivity (Wildman–Crippen MR) is 136 cm³/mol. The van der Waals surface area contributed by atoms with Crippen molar-refractivity contribution in [3.8, 4) is 0 Å². The van der Waals surface area contributed by atoms with Gasteiger partial charge in [-0.05, 0) is 58.3 Å². The average molecular weight is 414 g/mol. The largest absolute Gasteiger partial charge is 0.307 e. The van der Waals surface area contributed by atoms with E-state index < -0.39 is 0 Å². The van der Waals surface area contributed by atoms with Crippen molar-refractivity contribution < 1.29 is 4.57 Å². The molecule has 0 radical (unpaired) electrons. The van der Waals surface area contributed by atoms with E-state index in [2.05, 4.69) is 110 Å². The molecule has 0 fully saturated rings. The van der Waals surface area contributed by atoms with Gasteiger partial charge in [0.1, 0.15) is 7.05 Å². The quantitative estimate of drug-likeness (QED) is 0.151. The summed E-state index contributed by atoms with van der Waals surface area (Å²) in [7, 11) is 2.19. The molecule has 0 N–H and O–H groups in total. The minimum absolute atomic E-state index is 0.454. The average Bonchev–Trinajstić information content (AvgIpc) is 3.15. The Bertz CT molecular complexity index is 1870. The first kappa shape index (κ1) is 18.0. The first-order valence-electron chi connectivity index (χ1n) is 11.5. The molecular weight excluding hydrogens is 388 g/mol. The van der Waals surface area contributed by atoms with Crippen LogP contribution >= 0.6 is 0 Å². The van der Waals surface area contributed by atoms with Crippen LogP contribution in [-0.2, 0) is 7.05 Å². The van der Waals surface area contributed by atoms with E-state index in [1.807, 2.05) is 0 Å². The summed E-state index contributed by atoms with van der Waals surface area (Å²) < 4.78 is 4.86. The van der Waals surface area contributed by atoms with Gasteiger partial charge in [-0.25, -0.2) is 4.57 Å². The normalized spacial score (nSPS) is 12.7. The molecule has 0 spiro atoms. The Morgan fingerprint density at radius 1 is 0.750 bits per heavy atom. The number of aromatic nitrogens is 2. The standard InChI is InChI=1S/C30H25N2/c1-17(2)23-15-20-13-14-31(4)29-26-18(3)21-10-6-5-9-19(21)16-25(26)32-24-12-8-7-11-22(24)28(23)30(32)27(20)29/h5-17H,1-4H3/q+1. The first-order valence-corrected chi connectivity index (χ1v) is 11.5. The van der Waals surface area contributed by atoms with E-state index in [0.29, 0.717) is 5.92 Å². The number of rotatable bonds is 1. The van der Waals surface area contributed by atoms with Crippen LogP contribution in [0.3, 0.4) is 0 Å². The van der Waals surface area contributed by atoms with E-state index in [0.717, 1.165) is 0 Å². The molecule has 2 nitrogen and oxygen atoms in total. The molecule has 154 valence electrons. The van der Waals surface area contributed by atoms with Crippen LogP contribution in [0.1, 0.15) is 30.9 Å². The maximum atomic E-state index is 2.54. The van der Waals surface area contributed by atoms with Crippen molar-refractivity contribution >= 4 is 59.8 Å². The van der Waals surface area contributed by atoms with Crippen LogP contribution in [0.15, 0.2) is 72.9 Å². The van der Waals surface area contributed by atoms with Crippen molar-refractivity contribution in [3.63, 3.8) is 0 Å². The Morgan fingerprint density at radius 3 is 2.31 bits per heavy atom. The molecule has 0 aliphatic heterocycles. The molecule has 0 saturated carbocycles. The lowest BCUT2D eigenvalue weighted by Gasteiger charge is -2.16. The lowest BCUT2D eigenvalue weighted by atomic mass is 9.91. The van der Waals surface area contributed by atoms with Crippen LogP contribution < -0.4 is 4.57 Å². The van der Waals surface area contributed by atoms with Crippen molar-refractivity contribution in [2.24, 2.45) is 7.05 Å². The van der Waals surface area contributed by atoms with Crippen LogP contribution in [0.4, 0.5) is 0 Å². The Hall–Kier alpha value is -3.65. The van der Waals surface area contributed by atoms with E-state index >= 15 is 0 Å². The van der Waals surface area contributed by atoms with Gasteiger partial charge in [0.25, 0.3) is 0 Å². The van der Waals surface area contributed by atoms with Gasteiger partial charge in [-0.15, -0.1) is 0 Å². The molecule has 2 heteroatoms. The van der Waals surface area contributed by atoms with E-state index in [1.165, 1.54) is 70.9 Å². The number of benzene rings is 4. The summed E-state index contributed by atoms with van der Waals surface area (Å²) >= 11 is 0. The number of nitrogens with zero attached hydrogens (tertiary/aromatic N) is 2. The molecule has 0 unspecified atom stereocenters. The number of hydrogen-bond acceptors (Lipinski definition) is 0.